The molecule has 0 amide bonds. The molecule has 0 saturated heterocycles. The van der Waals surface area contributed by atoms with Crippen molar-refractivity contribution in [1.82, 2.24) is 0 Å². The second-order valence-electron chi connectivity index (χ2n) is 2.84. The number of carbonyl (C=O) groups excluding carboxylic acids is 1. The van der Waals surface area contributed by atoms with Crippen LogP contribution in [0.1, 0.15) is 32.6 Å². The molecule has 0 aromatic heterocycles. The van der Waals surface area contributed by atoms with Gasteiger partial charge in [-0.3, -0.25) is 4.79 Å². The van der Waals surface area contributed by atoms with Gasteiger partial charge in [0, 0.05) is 19.8 Å². The van der Waals surface area contributed by atoms with Gasteiger partial charge in [0.15, 0.2) is 0 Å². The molecule has 0 atom stereocenters. The lowest BCUT2D eigenvalue weighted by Crippen LogP contribution is -2.27. The molecule has 0 unspecified atom stereocenters. The summed E-state index contributed by atoms with van der Waals surface area (Å²) in [5.41, 5.74) is -1.02. The summed E-state index contributed by atoms with van der Waals surface area (Å²) in [5.74, 6) is -0.425. The Kier molecular flexibility index (Phi) is 2.22. The van der Waals surface area contributed by atoms with Crippen molar-refractivity contribution in [3.8, 4) is 0 Å². The number of hydrogen-bond acceptors (Lipinski definition) is 4. The van der Waals surface area contributed by atoms with Gasteiger partial charge in [-0.1, -0.05) is 0 Å². The van der Waals surface area contributed by atoms with E-state index in [0.717, 1.165) is 12.8 Å². The van der Waals surface area contributed by atoms with E-state index in [1.165, 1.54) is 6.92 Å². The van der Waals surface area contributed by atoms with E-state index in [9.17, 15) is 9.70 Å². The molecule has 11 heavy (non-hydrogen) atoms. The minimum atomic E-state index is -1.02. The van der Waals surface area contributed by atoms with Crippen LogP contribution in [0.25, 0.3) is 0 Å². The molecule has 1 fully saturated rings. The van der Waals surface area contributed by atoms with Gasteiger partial charge in [-0.15, -0.1) is 4.91 Å². The lowest BCUT2D eigenvalue weighted by molar-refractivity contribution is -0.155. The van der Waals surface area contributed by atoms with Crippen molar-refractivity contribution in [3.05, 3.63) is 4.91 Å². The van der Waals surface area contributed by atoms with E-state index < -0.39 is 11.7 Å². The summed E-state index contributed by atoms with van der Waals surface area (Å²) in [6.07, 6.45) is 2.99. The van der Waals surface area contributed by atoms with E-state index in [1.54, 1.807) is 0 Å². The van der Waals surface area contributed by atoms with Crippen LogP contribution in [0, 0.1) is 4.91 Å². The van der Waals surface area contributed by atoms with Gasteiger partial charge >= 0.3 is 5.97 Å². The third kappa shape index (κ3) is 1.76. The van der Waals surface area contributed by atoms with Gasteiger partial charge in [-0.2, -0.15) is 0 Å². The van der Waals surface area contributed by atoms with Gasteiger partial charge in [0.1, 0.15) is 0 Å². The number of nitroso groups, excluding NO2 is 1. The number of esters is 1. The molecule has 0 aliphatic heterocycles. The molecule has 1 rings (SSSR count). The Morgan fingerprint density at radius 1 is 1.45 bits per heavy atom. The fraction of sp³-hybridized carbons (Fsp3) is 0.857. The van der Waals surface area contributed by atoms with E-state index in [-0.39, 0.29) is 0 Å². The van der Waals surface area contributed by atoms with Crippen molar-refractivity contribution in [3.63, 3.8) is 0 Å². The van der Waals surface area contributed by atoms with Gasteiger partial charge in [-0.05, 0) is 18.0 Å². The van der Waals surface area contributed by atoms with Crippen LogP contribution in [0.2, 0.25) is 0 Å². The van der Waals surface area contributed by atoms with E-state index in [4.69, 9.17) is 4.74 Å². The van der Waals surface area contributed by atoms with Crippen molar-refractivity contribution < 1.29 is 9.53 Å². The van der Waals surface area contributed by atoms with E-state index in [1.807, 2.05) is 0 Å². The molecule has 62 valence electrons. The fourth-order valence-corrected chi connectivity index (χ4v) is 1.41. The molecule has 0 aromatic rings. The number of hydrogen-bond donors (Lipinski definition) is 0. The largest absolute Gasteiger partial charge is 0.434 e. The van der Waals surface area contributed by atoms with Crippen molar-refractivity contribution in [1.29, 1.82) is 0 Å². The van der Waals surface area contributed by atoms with Gasteiger partial charge in [0.2, 0.25) is 5.72 Å². The maximum Gasteiger partial charge on any atom is 0.304 e. The highest BCUT2D eigenvalue weighted by Crippen LogP contribution is 2.34. The van der Waals surface area contributed by atoms with Crippen LogP contribution in [0.3, 0.4) is 0 Å². The first kappa shape index (κ1) is 8.17. The van der Waals surface area contributed by atoms with Gasteiger partial charge in [0.05, 0.1) is 0 Å². The first-order valence-corrected chi connectivity index (χ1v) is 3.73. The Bertz CT molecular complexity index is 173. The van der Waals surface area contributed by atoms with Crippen molar-refractivity contribution >= 4 is 5.97 Å². The average Bonchev–Trinajstić information content (AvgIpc) is 2.36. The number of rotatable bonds is 2. The molecule has 0 N–H and O–H groups in total. The molecule has 0 spiro atoms. The maximum absolute atomic E-state index is 10.5. The number of nitrogens with zero attached hydrogens (tertiary/aromatic N) is 1. The van der Waals surface area contributed by atoms with Crippen LogP contribution in [0.4, 0.5) is 0 Å². The molecule has 0 heterocycles. The van der Waals surface area contributed by atoms with Crippen LogP contribution >= 0.6 is 0 Å². The van der Waals surface area contributed by atoms with E-state index in [0.29, 0.717) is 12.8 Å². The van der Waals surface area contributed by atoms with Crippen LogP contribution in [-0.2, 0) is 9.53 Å². The summed E-state index contributed by atoms with van der Waals surface area (Å²) in [6.45, 7) is 1.30. The molecule has 0 bridgehead atoms. The molecule has 1 aliphatic carbocycles. The lowest BCUT2D eigenvalue weighted by atomic mass is 10.2. The van der Waals surface area contributed by atoms with Crippen LogP contribution in [0.5, 0.6) is 0 Å². The smallest absolute Gasteiger partial charge is 0.304 e. The van der Waals surface area contributed by atoms with E-state index in [2.05, 4.69) is 5.18 Å². The second kappa shape index (κ2) is 2.98. The average molecular weight is 157 g/mol. The number of ether oxygens (including phenoxy) is 1. The Labute approximate surface area is 64.9 Å². The highest BCUT2D eigenvalue weighted by molar-refractivity contribution is 5.66. The predicted molar refractivity (Wildman–Crippen MR) is 38.8 cm³/mol. The second-order valence-corrected chi connectivity index (χ2v) is 2.84. The first-order chi connectivity index (χ1) is 5.18. The van der Waals surface area contributed by atoms with Gasteiger partial charge in [-0.25, -0.2) is 0 Å². The zero-order chi connectivity index (χ0) is 8.32. The summed E-state index contributed by atoms with van der Waals surface area (Å²) < 4.78 is 4.83. The molecule has 1 aliphatic rings. The summed E-state index contributed by atoms with van der Waals surface area (Å²) in [5, 5.41) is 2.87. The third-order valence-corrected chi connectivity index (χ3v) is 1.88. The minimum Gasteiger partial charge on any atom is -0.434 e. The van der Waals surface area contributed by atoms with Crippen LogP contribution in [0.15, 0.2) is 5.18 Å². The Balaban J connectivity index is 2.59. The van der Waals surface area contributed by atoms with Gasteiger partial charge in [0.25, 0.3) is 0 Å². The SMILES string of the molecule is CC(=O)OC1(N=O)CCCC1. The highest BCUT2D eigenvalue weighted by atomic mass is 16.6. The summed E-state index contributed by atoms with van der Waals surface area (Å²) >= 11 is 0. The first-order valence-electron chi connectivity index (χ1n) is 3.73. The van der Waals surface area contributed by atoms with Gasteiger partial charge < -0.3 is 4.74 Å². The summed E-state index contributed by atoms with van der Waals surface area (Å²) in [7, 11) is 0. The molecule has 4 nitrogen and oxygen atoms in total. The number of carbonyl (C=O) groups is 1. The van der Waals surface area contributed by atoms with Crippen LogP contribution in [-0.4, -0.2) is 11.7 Å². The standard InChI is InChI=1S/C7H11NO3/c1-6(9)11-7(8-10)4-2-3-5-7/h2-5H2,1H3. The molecule has 0 radical (unpaired) electrons. The predicted octanol–water partition coefficient (Wildman–Crippen LogP) is 1.59. The molecular formula is C7H11NO3. The zero-order valence-electron chi connectivity index (χ0n) is 6.50. The van der Waals surface area contributed by atoms with Crippen LogP contribution < -0.4 is 0 Å². The van der Waals surface area contributed by atoms with Crippen molar-refractivity contribution in [2.75, 3.05) is 0 Å². The Morgan fingerprint density at radius 2 is 2.00 bits per heavy atom. The Hall–Kier alpha value is -0.930. The molecule has 4 heteroatoms. The maximum atomic E-state index is 10.5. The fourth-order valence-electron chi connectivity index (χ4n) is 1.41. The summed E-state index contributed by atoms with van der Waals surface area (Å²) in [4.78, 5) is 20.9. The minimum absolute atomic E-state index is 0.425. The molecule has 0 aromatic carbocycles. The lowest BCUT2D eigenvalue weighted by Gasteiger charge is -2.18. The normalized spacial score (nSPS) is 21.2. The van der Waals surface area contributed by atoms with Crippen molar-refractivity contribution in [2.45, 2.75) is 38.3 Å². The van der Waals surface area contributed by atoms with Crippen molar-refractivity contribution in [2.24, 2.45) is 5.18 Å². The topological polar surface area (TPSA) is 55.7 Å². The third-order valence-electron chi connectivity index (χ3n) is 1.88. The van der Waals surface area contributed by atoms with E-state index >= 15 is 0 Å². The zero-order valence-corrected chi connectivity index (χ0v) is 6.50. The monoisotopic (exact) mass is 157 g/mol. The highest BCUT2D eigenvalue weighted by Gasteiger charge is 2.38. The molecule has 1 saturated carbocycles. The molecular weight excluding hydrogens is 146 g/mol. The Morgan fingerprint density at radius 3 is 2.36 bits per heavy atom. The quantitative estimate of drug-likeness (QED) is 0.451. The summed E-state index contributed by atoms with van der Waals surface area (Å²) in [6, 6.07) is 0.